The minimum Gasteiger partial charge on any atom is -0.346 e. The molecule has 0 saturated heterocycles. The van der Waals surface area contributed by atoms with Gasteiger partial charge in [-0.1, -0.05) is 68.7 Å². The molecular weight excluding hydrogens is 334 g/mol. The molecule has 27 heavy (non-hydrogen) atoms. The number of nitrogens with zero attached hydrogens (tertiary/aromatic N) is 2. The topological polar surface area (TPSA) is 46.9 Å². The molecule has 0 bridgehead atoms. The molecule has 4 nitrogen and oxygen atoms in total. The average Bonchev–Trinajstić information content (AvgIpc) is 3.05. The van der Waals surface area contributed by atoms with Crippen molar-refractivity contribution >= 4 is 16.9 Å². The summed E-state index contributed by atoms with van der Waals surface area (Å²) in [6, 6.07) is 17.9. The number of amides is 1. The Morgan fingerprint density at radius 1 is 1.04 bits per heavy atom. The van der Waals surface area contributed by atoms with E-state index in [0.717, 1.165) is 35.4 Å². The lowest BCUT2D eigenvalue weighted by molar-refractivity contribution is -0.121. The fourth-order valence-corrected chi connectivity index (χ4v) is 3.49. The molecule has 1 atom stereocenters. The van der Waals surface area contributed by atoms with Crippen molar-refractivity contribution in [2.75, 3.05) is 0 Å². The summed E-state index contributed by atoms with van der Waals surface area (Å²) in [5.41, 5.74) is 3.16. The number of nitrogens with one attached hydrogen (secondary N) is 1. The van der Waals surface area contributed by atoms with Gasteiger partial charge in [0, 0.05) is 6.54 Å². The van der Waals surface area contributed by atoms with Gasteiger partial charge in [0.15, 0.2) is 0 Å². The van der Waals surface area contributed by atoms with E-state index in [-0.39, 0.29) is 11.9 Å². The van der Waals surface area contributed by atoms with Crippen LogP contribution in [0.15, 0.2) is 54.6 Å². The van der Waals surface area contributed by atoms with Crippen LogP contribution < -0.4 is 5.32 Å². The Hall–Kier alpha value is -2.62. The molecule has 4 heteroatoms. The Labute approximate surface area is 161 Å². The molecule has 142 valence electrons. The van der Waals surface area contributed by atoms with Crippen LogP contribution in [0, 0.1) is 0 Å². The van der Waals surface area contributed by atoms with Crippen LogP contribution in [0.2, 0.25) is 0 Å². The summed E-state index contributed by atoms with van der Waals surface area (Å²) < 4.78 is 2.28. The molecule has 3 rings (SSSR count). The molecule has 3 aromatic rings. The van der Waals surface area contributed by atoms with Crippen LogP contribution in [-0.4, -0.2) is 15.5 Å². The van der Waals surface area contributed by atoms with E-state index in [2.05, 4.69) is 28.9 Å². The van der Waals surface area contributed by atoms with Gasteiger partial charge in [0.05, 0.1) is 23.5 Å². The number of para-hydroxylation sites is 2. The van der Waals surface area contributed by atoms with Gasteiger partial charge in [0.1, 0.15) is 5.82 Å². The maximum atomic E-state index is 12.5. The summed E-state index contributed by atoms with van der Waals surface area (Å²) in [6.45, 7) is 5.18. The molecule has 0 aliphatic heterocycles. The van der Waals surface area contributed by atoms with Gasteiger partial charge in [-0.05, 0) is 31.0 Å². The highest BCUT2D eigenvalue weighted by Crippen LogP contribution is 2.22. The summed E-state index contributed by atoms with van der Waals surface area (Å²) in [5, 5.41) is 3.13. The van der Waals surface area contributed by atoms with Crippen LogP contribution in [0.5, 0.6) is 0 Å². The minimum absolute atomic E-state index is 0.0262. The molecule has 2 aromatic carbocycles. The van der Waals surface area contributed by atoms with E-state index in [9.17, 15) is 4.79 Å². The quantitative estimate of drug-likeness (QED) is 0.542. The summed E-state index contributed by atoms with van der Waals surface area (Å²) in [5.74, 6) is 0.965. The first-order chi connectivity index (χ1) is 13.2. The van der Waals surface area contributed by atoms with Gasteiger partial charge in [0.25, 0.3) is 0 Å². The molecule has 0 aliphatic carbocycles. The Kier molecular flexibility index (Phi) is 6.64. The fraction of sp³-hybridized carbons (Fsp3) is 0.391. The first-order valence-electron chi connectivity index (χ1n) is 9.97. The monoisotopic (exact) mass is 363 g/mol. The Morgan fingerprint density at radius 3 is 2.56 bits per heavy atom. The van der Waals surface area contributed by atoms with E-state index in [1.165, 1.54) is 19.3 Å². The van der Waals surface area contributed by atoms with Crippen molar-refractivity contribution in [3.63, 3.8) is 0 Å². The van der Waals surface area contributed by atoms with Crippen LogP contribution >= 0.6 is 0 Å². The first-order valence-corrected chi connectivity index (χ1v) is 9.97. The number of fused-ring (bicyclic) bond motifs is 1. The van der Waals surface area contributed by atoms with E-state index in [0.29, 0.717) is 6.42 Å². The maximum absolute atomic E-state index is 12.5. The second-order valence-corrected chi connectivity index (χ2v) is 7.12. The van der Waals surface area contributed by atoms with Crippen molar-refractivity contribution in [3.8, 4) is 0 Å². The number of carbonyl (C=O) groups is 1. The zero-order chi connectivity index (χ0) is 19.1. The zero-order valence-corrected chi connectivity index (χ0v) is 16.3. The summed E-state index contributed by atoms with van der Waals surface area (Å²) in [7, 11) is 0. The summed E-state index contributed by atoms with van der Waals surface area (Å²) >= 11 is 0. The van der Waals surface area contributed by atoms with Gasteiger partial charge >= 0.3 is 0 Å². The summed E-state index contributed by atoms with van der Waals surface area (Å²) in [4.78, 5) is 17.3. The third kappa shape index (κ3) is 4.97. The number of aromatic nitrogens is 2. The number of hydrogen-bond donors (Lipinski definition) is 1. The average molecular weight is 364 g/mol. The molecule has 0 saturated carbocycles. The van der Waals surface area contributed by atoms with Gasteiger partial charge in [-0.2, -0.15) is 0 Å². The Morgan fingerprint density at radius 2 is 1.78 bits per heavy atom. The van der Waals surface area contributed by atoms with Crippen molar-refractivity contribution in [3.05, 3.63) is 66.0 Å². The standard InChI is InChI=1S/C23H29N3O/c1-3-4-5-11-16-26-21-15-10-9-14-20(21)25-23(26)18(2)24-22(27)17-19-12-7-6-8-13-19/h6-10,12-15,18H,3-5,11,16-17H2,1-2H3,(H,24,27). The molecule has 0 fully saturated rings. The van der Waals surface area contributed by atoms with E-state index < -0.39 is 0 Å². The molecule has 1 heterocycles. The van der Waals surface area contributed by atoms with Gasteiger partial charge in [0.2, 0.25) is 5.91 Å². The van der Waals surface area contributed by atoms with Crippen molar-refractivity contribution in [1.29, 1.82) is 0 Å². The van der Waals surface area contributed by atoms with E-state index in [1.807, 2.05) is 49.4 Å². The number of benzene rings is 2. The van der Waals surface area contributed by atoms with Gasteiger partial charge < -0.3 is 9.88 Å². The van der Waals surface area contributed by atoms with Crippen LogP contribution in [-0.2, 0) is 17.8 Å². The van der Waals surface area contributed by atoms with E-state index >= 15 is 0 Å². The minimum atomic E-state index is -0.125. The maximum Gasteiger partial charge on any atom is 0.224 e. The predicted octanol–water partition coefficient (Wildman–Crippen LogP) is 5.04. The first kappa shape index (κ1) is 19.2. The highest BCUT2D eigenvalue weighted by atomic mass is 16.1. The molecule has 1 N–H and O–H groups in total. The number of rotatable bonds is 9. The van der Waals surface area contributed by atoms with Gasteiger partial charge in [-0.15, -0.1) is 0 Å². The molecule has 0 aliphatic rings. The predicted molar refractivity (Wildman–Crippen MR) is 111 cm³/mol. The number of carbonyl (C=O) groups excluding carboxylic acids is 1. The largest absolute Gasteiger partial charge is 0.346 e. The lowest BCUT2D eigenvalue weighted by atomic mass is 10.1. The van der Waals surface area contributed by atoms with Crippen molar-refractivity contribution < 1.29 is 4.79 Å². The summed E-state index contributed by atoms with van der Waals surface area (Å²) in [6.07, 6.45) is 5.22. The van der Waals surface area contributed by atoms with E-state index in [1.54, 1.807) is 0 Å². The van der Waals surface area contributed by atoms with Crippen LogP contribution in [0.4, 0.5) is 0 Å². The zero-order valence-electron chi connectivity index (χ0n) is 16.3. The molecule has 0 spiro atoms. The number of imidazole rings is 1. The molecule has 1 amide bonds. The Bertz CT molecular complexity index is 870. The fourth-order valence-electron chi connectivity index (χ4n) is 3.49. The smallest absolute Gasteiger partial charge is 0.224 e. The number of unbranched alkanes of at least 4 members (excludes halogenated alkanes) is 3. The lowest BCUT2D eigenvalue weighted by Gasteiger charge is -2.16. The second-order valence-electron chi connectivity index (χ2n) is 7.12. The van der Waals surface area contributed by atoms with E-state index in [4.69, 9.17) is 4.98 Å². The molecular formula is C23H29N3O. The lowest BCUT2D eigenvalue weighted by Crippen LogP contribution is -2.30. The number of aryl methyl sites for hydroxylation is 1. The van der Waals surface area contributed by atoms with Gasteiger partial charge in [-0.3, -0.25) is 4.79 Å². The normalized spacial score (nSPS) is 12.2. The van der Waals surface area contributed by atoms with Crippen molar-refractivity contribution in [1.82, 2.24) is 14.9 Å². The highest BCUT2D eigenvalue weighted by molar-refractivity contribution is 5.79. The van der Waals surface area contributed by atoms with Crippen LogP contribution in [0.1, 0.15) is 57.0 Å². The van der Waals surface area contributed by atoms with Crippen LogP contribution in [0.25, 0.3) is 11.0 Å². The second kappa shape index (κ2) is 9.36. The molecule has 1 aromatic heterocycles. The Balaban J connectivity index is 1.74. The highest BCUT2D eigenvalue weighted by Gasteiger charge is 2.18. The third-order valence-electron chi connectivity index (χ3n) is 4.89. The molecule has 1 unspecified atom stereocenters. The van der Waals surface area contributed by atoms with Crippen molar-refractivity contribution in [2.45, 2.75) is 58.5 Å². The van der Waals surface area contributed by atoms with Gasteiger partial charge in [-0.25, -0.2) is 4.98 Å². The van der Waals surface area contributed by atoms with Crippen molar-refractivity contribution in [2.24, 2.45) is 0 Å². The van der Waals surface area contributed by atoms with Crippen LogP contribution in [0.3, 0.4) is 0 Å². The SMILES string of the molecule is CCCCCCn1c(C(C)NC(=O)Cc2ccccc2)nc2ccccc21. The molecule has 0 radical (unpaired) electrons. The number of hydrogen-bond acceptors (Lipinski definition) is 2. The third-order valence-corrected chi connectivity index (χ3v) is 4.89.